The number of unbranched alkanes of at least 4 members (excludes halogenated alkanes) is 1. The van der Waals surface area contributed by atoms with Gasteiger partial charge in [-0.3, -0.25) is 14.6 Å². The van der Waals surface area contributed by atoms with E-state index in [0.29, 0.717) is 23.1 Å². The Balaban J connectivity index is 0.931. The molecule has 7 rings (SSSR count). The number of hydrogen-bond donors (Lipinski definition) is 2. The predicted octanol–water partition coefficient (Wildman–Crippen LogP) is 9.18. The van der Waals surface area contributed by atoms with Gasteiger partial charge in [0.1, 0.15) is 40.6 Å². The van der Waals surface area contributed by atoms with Crippen LogP contribution in [0.15, 0.2) is 52.5 Å². The van der Waals surface area contributed by atoms with Crippen molar-refractivity contribution in [3.63, 3.8) is 0 Å². The van der Waals surface area contributed by atoms with Crippen LogP contribution in [0.4, 0.5) is 46.5 Å². The highest BCUT2D eigenvalue weighted by atomic mass is 32.1. The van der Waals surface area contributed by atoms with Crippen LogP contribution >= 0.6 is 23.6 Å². The molecule has 2 aliphatic rings. The van der Waals surface area contributed by atoms with E-state index in [4.69, 9.17) is 26.1 Å². The average molecular weight is 1050 g/mol. The Hall–Kier alpha value is -6.36. The van der Waals surface area contributed by atoms with E-state index < -0.39 is 105 Å². The Labute approximate surface area is 416 Å². The second kappa shape index (κ2) is 20.6. The number of aromatic nitrogens is 4. The lowest BCUT2D eigenvalue weighted by Gasteiger charge is -2.35. The van der Waals surface area contributed by atoms with Crippen molar-refractivity contribution in [3.05, 3.63) is 88.0 Å². The molecule has 72 heavy (non-hydrogen) atoms. The number of benzene rings is 2. The zero-order chi connectivity index (χ0) is 52.7. The van der Waals surface area contributed by atoms with Gasteiger partial charge in [0.05, 0.1) is 64.2 Å². The number of nitrogens with one attached hydrogen (secondary N) is 1. The molecular weight excluding hydrogens is 1000 g/mol. The molecule has 0 bridgehead atoms. The van der Waals surface area contributed by atoms with E-state index in [2.05, 4.69) is 25.5 Å². The van der Waals surface area contributed by atoms with Gasteiger partial charge in [-0.25, -0.2) is 13.8 Å². The Morgan fingerprint density at radius 3 is 2.40 bits per heavy atom. The van der Waals surface area contributed by atoms with Gasteiger partial charge in [0.2, 0.25) is 17.7 Å². The molecule has 5 aromatic rings. The number of halogens is 8. The number of pyridine rings is 1. The van der Waals surface area contributed by atoms with Crippen molar-refractivity contribution < 1.29 is 63.7 Å². The molecule has 0 saturated carbocycles. The summed E-state index contributed by atoms with van der Waals surface area (Å²) in [4.78, 5) is 39.7. The van der Waals surface area contributed by atoms with Crippen LogP contribution in [0.3, 0.4) is 0 Å². The summed E-state index contributed by atoms with van der Waals surface area (Å²) < 4.78 is 133. The number of amides is 2. The number of aliphatic hydroxyl groups excluding tert-OH is 1. The average Bonchev–Trinajstić information content (AvgIpc) is 4.09. The van der Waals surface area contributed by atoms with E-state index in [1.807, 2.05) is 0 Å². The molecular formula is C47H47F8N9O6S2. The maximum Gasteiger partial charge on any atom is 0.420 e. The number of carbonyl (C=O) groups is 2. The number of carbonyl (C=O) groups excluding carboxylic acids is 2. The summed E-state index contributed by atoms with van der Waals surface area (Å²) in [7, 11) is 0. The third-order valence-electron chi connectivity index (χ3n) is 11.9. The third-order valence-corrected chi connectivity index (χ3v) is 13.2. The largest absolute Gasteiger partial charge is 0.494 e. The van der Waals surface area contributed by atoms with Gasteiger partial charge in [-0.2, -0.15) is 31.6 Å². The van der Waals surface area contributed by atoms with Crippen molar-refractivity contribution in [2.75, 3.05) is 42.7 Å². The fraction of sp³-hybridized carbons (Fsp3) is 0.447. The standard InChI is InChI=1S/C47H47F8N9O6S2/c1-24-38(72-23-58-24)41-61-60-40(70-41)33-16-27(65)20-62(33)42(67)39(44(2,3)4)59-34(66)21-68-13-7-8-14-69-28-10-11-29(30(17-28)46(50,51)52)37-31(48)15-26(19-57-37)64-43(71)63(22-45(64,5)6)32-12-9-25(18-56)35(36(32)49)47(53,54)55/h9-12,15,17,19,23,27,33,39,65H,7-8,13-14,16,20-22H2,1-6H3,(H,59,66)/t27-,33+,39-/m1/s1. The number of anilines is 2. The van der Waals surface area contributed by atoms with Crippen molar-refractivity contribution in [3.8, 4) is 33.8 Å². The Bertz CT molecular complexity index is 2900. The molecule has 0 radical (unpaired) electrons. The molecule has 0 aliphatic carbocycles. The Morgan fingerprint density at radius 1 is 1.04 bits per heavy atom. The predicted molar refractivity (Wildman–Crippen MR) is 249 cm³/mol. The first-order chi connectivity index (χ1) is 33.7. The summed E-state index contributed by atoms with van der Waals surface area (Å²) in [6, 6.07) is 5.09. The molecule has 2 saturated heterocycles. The second-order valence-electron chi connectivity index (χ2n) is 18.8. The van der Waals surface area contributed by atoms with Crippen molar-refractivity contribution in [2.45, 2.75) is 96.9 Å². The summed E-state index contributed by atoms with van der Waals surface area (Å²) in [6.45, 7) is 9.62. The molecule has 3 atom stereocenters. The van der Waals surface area contributed by atoms with Crippen LogP contribution in [0.2, 0.25) is 0 Å². The number of rotatable bonds is 15. The zero-order valence-corrected chi connectivity index (χ0v) is 41.0. The lowest BCUT2D eigenvalue weighted by molar-refractivity contribution is -0.142. The normalized spacial score (nSPS) is 17.6. The molecule has 2 amide bonds. The Kier molecular flexibility index (Phi) is 15.3. The number of aryl methyl sites for hydroxylation is 1. The smallest absolute Gasteiger partial charge is 0.420 e. The van der Waals surface area contributed by atoms with E-state index in [-0.39, 0.29) is 67.5 Å². The number of thiazole rings is 1. The van der Waals surface area contributed by atoms with Gasteiger partial charge < -0.3 is 39.0 Å². The van der Waals surface area contributed by atoms with Crippen LogP contribution in [0.1, 0.15) is 88.2 Å². The number of nitrogens with zero attached hydrogens (tertiary/aromatic N) is 8. The van der Waals surface area contributed by atoms with Gasteiger partial charge in [-0.1, -0.05) is 20.8 Å². The first kappa shape index (κ1) is 53.4. The highest BCUT2D eigenvalue weighted by Gasteiger charge is 2.47. The maximum absolute atomic E-state index is 15.9. The zero-order valence-electron chi connectivity index (χ0n) is 39.4. The second-order valence-corrected chi connectivity index (χ2v) is 20.0. The minimum absolute atomic E-state index is 0.0267. The number of thiocarbonyl (C=S) groups is 1. The number of alkyl halides is 6. The SMILES string of the molecule is Cc1ncsc1-c1nnc([C@@H]2C[C@@H](O)CN2C(=O)[C@@H](NC(=O)COCCCCOc2ccc(-c3ncc(N4C(=S)N(c5ccc(C#N)c(C(F)(F)F)c5F)CC4(C)C)cc3F)c(C(F)(F)F)c2)C(C)(C)C)o1. The van der Waals surface area contributed by atoms with Gasteiger partial charge in [0.15, 0.2) is 16.7 Å². The summed E-state index contributed by atoms with van der Waals surface area (Å²) in [5, 5.41) is 30.5. The summed E-state index contributed by atoms with van der Waals surface area (Å²) in [5.41, 5.74) is -5.50. The highest BCUT2D eigenvalue weighted by Crippen LogP contribution is 2.44. The van der Waals surface area contributed by atoms with Crippen LogP contribution in [0.25, 0.3) is 22.0 Å². The van der Waals surface area contributed by atoms with Gasteiger partial charge >= 0.3 is 12.4 Å². The van der Waals surface area contributed by atoms with Gasteiger partial charge in [-0.15, -0.1) is 21.5 Å². The number of ether oxygens (including phenoxy) is 2. The molecule has 0 spiro atoms. The Morgan fingerprint density at radius 2 is 1.76 bits per heavy atom. The molecule has 3 aromatic heterocycles. The summed E-state index contributed by atoms with van der Waals surface area (Å²) >= 11 is 6.84. The molecule has 2 N–H and O–H groups in total. The van der Waals surface area contributed by atoms with E-state index in [0.717, 1.165) is 35.4 Å². The fourth-order valence-electron chi connectivity index (χ4n) is 8.44. The quantitative estimate of drug-likeness (QED) is 0.0575. The number of β-amino-alcohol motifs (C(OH)–C–C–N with tert-alkyl or cyclic N) is 1. The van der Waals surface area contributed by atoms with Crippen LogP contribution in [0, 0.1) is 35.3 Å². The molecule has 25 heteroatoms. The lowest BCUT2D eigenvalue weighted by atomic mass is 9.85. The van der Waals surface area contributed by atoms with E-state index in [1.165, 1.54) is 33.3 Å². The van der Waals surface area contributed by atoms with E-state index in [9.17, 15) is 46.3 Å². The lowest BCUT2D eigenvalue weighted by Crippen LogP contribution is -2.55. The number of likely N-dealkylation sites (tertiary alicyclic amines) is 1. The van der Waals surface area contributed by atoms with Crippen LogP contribution in [-0.2, 0) is 26.7 Å². The molecule has 15 nitrogen and oxygen atoms in total. The van der Waals surface area contributed by atoms with Gasteiger partial charge in [0, 0.05) is 37.7 Å². The highest BCUT2D eigenvalue weighted by molar-refractivity contribution is 7.80. The molecule has 0 unspecified atom stereocenters. The van der Waals surface area contributed by atoms with Crippen LogP contribution in [-0.4, -0.2) is 97.7 Å². The maximum atomic E-state index is 15.9. The van der Waals surface area contributed by atoms with Crippen molar-refractivity contribution in [2.24, 2.45) is 5.41 Å². The van der Waals surface area contributed by atoms with Gasteiger partial charge in [-0.05, 0) is 81.6 Å². The van der Waals surface area contributed by atoms with Gasteiger partial charge in [0.25, 0.3) is 5.89 Å². The fourth-order valence-corrected chi connectivity index (χ4v) is 9.68. The summed E-state index contributed by atoms with van der Waals surface area (Å²) in [5.74, 6) is -3.80. The molecule has 2 aromatic carbocycles. The number of hydrogen-bond acceptors (Lipinski definition) is 13. The first-order valence-electron chi connectivity index (χ1n) is 22.2. The molecule has 2 fully saturated rings. The number of aliphatic hydroxyl groups is 1. The van der Waals surface area contributed by atoms with Crippen LogP contribution in [0.5, 0.6) is 5.75 Å². The third kappa shape index (κ3) is 11.3. The molecule has 2 aliphatic heterocycles. The molecule has 5 heterocycles. The minimum atomic E-state index is -5.21. The van der Waals surface area contributed by atoms with E-state index in [1.54, 1.807) is 47.1 Å². The summed E-state index contributed by atoms with van der Waals surface area (Å²) in [6.07, 6.45) is -9.29. The first-order valence-corrected chi connectivity index (χ1v) is 23.5. The number of nitriles is 1. The monoisotopic (exact) mass is 1050 g/mol. The van der Waals surface area contributed by atoms with Crippen molar-refractivity contribution in [1.82, 2.24) is 30.4 Å². The molecule has 384 valence electrons. The van der Waals surface area contributed by atoms with Crippen molar-refractivity contribution >= 4 is 51.9 Å². The minimum Gasteiger partial charge on any atom is -0.494 e. The topological polar surface area (TPSA) is 183 Å². The van der Waals surface area contributed by atoms with Crippen molar-refractivity contribution in [1.29, 1.82) is 5.26 Å². The van der Waals surface area contributed by atoms with E-state index >= 15 is 8.78 Å². The van der Waals surface area contributed by atoms with Crippen LogP contribution < -0.4 is 19.9 Å².